The summed E-state index contributed by atoms with van der Waals surface area (Å²) in [6.45, 7) is 4.13. The van der Waals surface area contributed by atoms with Crippen LogP contribution in [0, 0.1) is 5.82 Å². The molecule has 9 heteroatoms. The number of halogens is 1. The molecule has 0 aliphatic rings. The average Bonchev–Trinajstić information content (AvgIpc) is 3.29. The summed E-state index contributed by atoms with van der Waals surface area (Å²) in [5, 5.41) is 44.2. The topological polar surface area (TPSA) is 135 Å². The molecule has 2 atom stereocenters. The molecule has 0 unspecified atom stereocenters. The van der Waals surface area contributed by atoms with Gasteiger partial charge in [-0.25, -0.2) is 4.39 Å². The van der Waals surface area contributed by atoms with E-state index in [2.05, 4.69) is 5.32 Å². The summed E-state index contributed by atoms with van der Waals surface area (Å²) in [5.74, 6) is -2.30. The van der Waals surface area contributed by atoms with E-state index in [1.807, 2.05) is 48.7 Å². The number of hydrogen-bond acceptors (Lipinski definition) is 6. The van der Waals surface area contributed by atoms with Crippen molar-refractivity contribution in [2.45, 2.75) is 57.8 Å². The largest absolute Gasteiger partial charge is 0.550 e. The smallest absolute Gasteiger partial charge is 0.258 e. The Morgan fingerprint density at radius 2 is 1.55 bits per heavy atom. The zero-order chi connectivity index (χ0) is 30.4. The van der Waals surface area contributed by atoms with Crippen LogP contribution in [-0.4, -0.2) is 44.0 Å². The van der Waals surface area contributed by atoms with Crippen LogP contribution in [0.4, 0.5) is 10.1 Å². The zero-order valence-corrected chi connectivity index (χ0v) is 23.5. The number of aliphatic carboxylic acids is 1. The van der Waals surface area contributed by atoms with E-state index in [9.17, 15) is 34.4 Å². The molecule has 4 rings (SSSR count). The molecular weight excluding hydrogens is 539 g/mol. The van der Waals surface area contributed by atoms with Gasteiger partial charge in [0.15, 0.2) is 0 Å². The van der Waals surface area contributed by atoms with E-state index in [1.54, 1.807) is 24.3 Å². The van der Waals surface area contributed by atoms with Gasteiger partial charge in [-0.15, -0.1) is 0 Å². The number of aliphatic hydroxyl groups is 2. The number of anilines is 1. The first-order valence-corrected chi connectivity index (χ1v) is 13.8. The molecule has 8 nitrogen and oxygen atoms in total. The summed E-state index contributed by atoms with van der Waals surface area (Å²) >= 11 is 0. The van der Waals surface area contributed by atoms with Gasteiger partial charge in [0.05, 0.1) is 23.5 Å². The number of benzene rings is 3. The number of carboxylic acid groups (broad SMARTS) is 1. The molecule has 0 saturated carbocycles. The number of rotatable bonds is 12. The number of aromatic nitrogens is 1. The predicted molar refractivity (Wildman–Crippen MR) is 156 cm³/mol. The highest BCUT2D eigenvalue weighted by molar-refractivity contribution is 6.12. The zero-order valence-electron chi connectivity index (χ0n) is 23.5. The number of aromatic hydroxyl groups is 1. The van der Waals surface area contributed by atoms with Crippen molar-refractivity contribution in [3.63, 3.8) is 0 Å². The Hall–Kier alpha value is -4.47. The second kappa shape index (κ2) is 13.5. The number of carbonyl (C=O) groups excluding carboxylic acids is 2. The summed E-state index contributed by atoms with van der Waals surface area (Å²) in [6.07, 6.45) is -2.88. The van der Waals surface area contributed by atoms with Crippen LogP contribution in [0.25, 0.3) is 22.4 Å². The van der Waals surface area contributed by atoms with Crippen molar-refractivity contribution in [1.29, 1.82) is 0 Å². The van der Waals surface area contributed by atoms with E-state index < -0.39 is 30.4 Å². The quantitative estimate of drug-likeness (QED) is 0.182. The molecule has 1 amide bonds. The Kier molecular flexibility index (Phi) is 9.77. The Balaban J connectivity index is 1.89. The highest BCUT2D eigenvalue weighted by Gasteiger charge is 2.31. The lowest BCUT2D eigenvalue weighted by Crippen LogP contribution is -2.29. The number of aliphatic hydroxyl groups excluding tert-OH is 2. The number of nitrogens with zero attached hydrogens (tertiary/aromatic N) is 1. The van der Waals surface area contributed by atoms with E-state index in [-0.39, 0.29) is 37.0 Å². The molecule has 0 aliphatic carbocycles. The minimum Gasteiger partial charge on any atom is -0.550 e. The van der Waals surface area contributed by atoms with E-state index in [0.29, 0.717) is 33.8 Å². The van der Waals surface area contributed by atoms with Crippen LogP contribution in [0.2, 0.25) is 0 Å². The molecule has 0 fully saturated rings. The van der Waals surface area contributed by atoms with Gasteiger partial charge in [0, 0.05) is 35.9 Å². The van der Waals surface area contributed by atoms with E-state index in [4.69, 9.17) is 0 Å². The van der Waals surface area contributed by atoms with Gasteiger partial charge in [-0.1, -0.05) is 44.2 Å². The Labute approximate surface area is 243 Å². The number of nitrogens with one attached hydrogen (secondary N) is 1. The molecule has 220 valence electrons. The molecule has 42 heavy (non-hydrogen) atoms. The molecule has 0 aliphatic heterocycles. The van der Waals surface area contributed by atoms with Gasteiger partial charge >= 0.3 is 0 Å². The average molecular weight is 574 g/mol. The third-order valence-corrected chi connectivity index (χ3v) is 7.02. The standard InChI is InChI=1S/C33H35FN2O6/c1-20(2)31-30(33(42)35-24-12-14-25(37)15-13-24)29(21-6-4-3-5-7-21)32(22-8-10-23(34)11-9-22)36(31)17-16-26(38)18-27(39)19-28(40)41/h3-15,20,26-27,37-39H,16-19H2,1-2H3,(H,35,42)(H,40,41)/p-1/t26-,27-/m1/s1. The maximum absolute atomic E-state index is 14.1. The minimum atomic E-state index is -1.41. The van der Waals surface area contributed by atoms with Crippen LogP contribution in [0.15, 0.2) is 78.9 Å². The predicted octanol–water partition coefficient (Wildman–Crippen LogP) is 4.68. The molecule has 3 aromatic carbocycles. The number of amides is 1. The number of hydrogen-bond donors (Lipinski definition) is 4. The molecular formula is C33H34FN2O6-. The molecule has 0 saturated heterocycles. The van der Waals surface area contributed by atoms with Gasteiger partial charge in [0.1, 0.15) is 11.6 Å². The summed E-state index contributed by atoms with van der Waals surface area (Å²) in [5.41, 5.74) is 4.30. The van der Waals surface area contributed by atoms with Gasteiger partial charge in [0.25, 0.3) is 5.91 Å². The fourth-order valence-corrected chi connectivity index (χ4v) is 5.22. The van der Waals surface area contributed by atoms with Gasteiger partial charge in [-0.2, -0.15) is 0 Å². The van der Waals surface area contributed by atoms with Crippen molar-refractivity contribution in [2.75, 3.05) is 5.32 Å². The Morgan fingerprint density at radius 1 is 0.905 bits per heavy atom. The van der Waals surface area contributed by atoms with Crippen LogP contribution in [0.1, 0.15) is 55.1 Å². The van der Waals surface area contributed by atoms with Crippen molar-refractivity contribution in [3.05, 3.63) is 95.9 Å². The van der Waals surface area contributed by atoms with Crippen LogP contribution >= 0.6 is 0 Å². The van der Waals surface area contributed by atoms with Crippen LogP contribution < -0.4 is 10.4 Å². The first-order valence-electron chi connectivity index (χ1n) is 13.8. The summed E-state index contributed by atoms with van der Waals surface area (Å²) < 4.78 is 16.0. The molecule has 0 bridgehead atoms. The lowest BCUT2D eigenvalue weighted by molar-refractivity contribution is -0.307. The van der Waals surface area contributed by atoms with Crippen molar-refractivity contribution in [2.24, 2.45) is 0 Å². The number of phenols is 1. The Bertz CT molecular complexity index is 1520. The first kappa shape index (κ1) is 30.5. The van der Waals surface area contributed by atoms with Crippen LogP contribution in [0.5, 0.6) is 5.75 Å². The van der Waals surface area contributed by atoms with Gasteiger partial charge in [-0.3, -0.25) is 4.79 Å². The van der Waals surface area contributed by atoms with E-state index in [0.717, 1.165) is 5.56 Å². The third-order valence-electron chi connectivity index (χ3n) is 7.02. The second-order valence-corrected chi connectivity index (χ2v) is 10.6. The summed E-state index contributed by atoms with van der Waals surface area (Å²) in [7, 11) is 0. The SMILES string of the molecule is CC(C)c1c(C(=O)Nc2ccc(O)cc2)c(-c2ccccc2)c(-c2ccc(F)cc2)n1CC[C@@H](O)C[C@@H](O)CC(=O)[O-]. The molecule has 4 aromatic rings. The molecule has 0 spiro atoms. The molecule has 0 radical (unpaired) electrons. The fourth-order valence-electron chi connectivity index (χ4n) is 5.22. The maximum atomic E-state index is 14.1. The second-order valence-electron chi connectivity index (χ2n) is 10.6. The van der Waals surface area contributed by atoms with Crippen molar-refractivity contribution >= 4 is 17.6 Å². The number of carbonyl (C=O) groups is 2. The minimum absolute atomic E-state index is 0.0638. The van der Waals surface area contributed by atoms with Crippen LogP contribution in [0.3, 0.4) is 0 Å². The Morgan fingerprint density at radius 3 is 2.14 bits per heavy atom. The first-order chi connectivity index (χ1) is 20.0. The molecule has 1 aromatic heterocycles. The van der Waals surface area contributed by atoms with Crippen molar-refractivity contribution in [1.82, 2.24) is 4.57 Å². The molecule has 1 heterocycles. The van der Waals surface area contributed by atoms with E-state index >= 15 is 0 Å². The highest BCUT2D eigenvalue weighted by atomic mass is 19.1. The van der Waals surface area contributed by atoms with Gasteiger partial charge in [-0.05, 0) is 78.4 Å². The molecule has 4 N–H and O–H groups in total. The summed E-state index contributed by atoms with van der Waals surface area (Å²) in [4.78, 5) is 24.9. The third kappa shape index (κ3) is 7.23. The number of carboxylic acids is 1. The fraction of sp³-hybridized carbons (Fsp3) is 0.273. The van der Waals surface area contributed by atoms with Crippen molar-refractivity contribution < 1.29 is 34.4 Å². The van der Waals surface area contributed by atoms with Gasteiger partial charge < -0.3 is 35.1 Å². The lowest BCUT2D eigenvalue weighted by Gasteiger charge is -2.20. The number of phenolic OH excluding ortho intramolecular Hbond substituents is 1. The summed E-state index contributed by atoms with van der Waals surface area (Å²) in [6, 6.07) is 21.5. The highest BCUT2D eigenvalue weighted by Crippen LogP contribution is 2.42. The monoisotopic (exact) mass is 573 g/mol. The van der Waals surface area contributed by atoms with Gasteiger partial charge in [0.2, 0.25) is 0 Å². The normalized spacial score (nSPS) is 12.7. The van der Waals surface area contributed by atoms with Crippen molar-refractivity contribution in [3.8, 4) is 28.1 Å². The van der Waals surface area contributed by atoms with Crippen LogP contribution in [-0.2, 0) is 11.3 Å². The maximum Gasteiger partial charge on any atom is 0.258 e. The lowest BCUT2D eigenvalue weighted by atomic mass is 9.94. The van der Waals surface area contributed by atoms with E-state index in [1.165, 1.54) is 24.3 Å².